The zero-order valence-corrected chi connectivity index (χ0v) is 23.1. The Bertz CT molecular complexity index is 1580. The number of thiazole rings is 1. The van der Waals surface area contributed by atoms with Gasteiger partial charge in [-0.3, -0.25) is 14.5 Å². The highest BCUT2D eigenvalue weighted by Crippen LogP contribution is 2.45. The number of Topliss-reactive ketones (excluding diaryl/α,β-unsaturated/α-hetero) is 1. The molecule has 0 saturated carbocycles. The van der Waals surface area contributed by atoms with E-state index >= 15 is 0 Å². The van der Waals surface area contributed by atoms with Crippen LogP contribution in [0.25, 0.3) is 16.0 Å². The molecule has 6 nitrogen and oxygen atoms in total. The summed E-state index contributed by atoms with van der Waals surface area (Å²) in [5, 5.41) is 12.4. The van der Waals surface area contributed by atoms with Gasteiger partial charge < -0.3 is 9.84 Å². The Morgan fingerprint density at radius 3 is 2.50 bits per heavy atom. The van der Waals surface area contributed by atoms with Gasteiger partial charge in [-0.2, -0.15) is 0 Å². The molecule has 4 aromatic rings. The monoisotopic (exact) mass is 546 g/mol. The van der Waals surface area contributed by atoms with Gasteiger partial charge in [0.2, 0.25) is 0 Å². The Morgan fingerprint density at radius 2 is 1.82 bits per heavy atom. The molecule has 0 radical (unpaired) electrons. The number of hydrogen-bond acceptors (Lipinski definition) is 6. The Morgan fingerprint density at radius 1 is 1.08 bits per heavy atom. The zero-order valence-electron chi connectivity index (χ0n) is 21.5. The number of rotatable bonds is 5. The van der Waals surface area contributed by atoms with Crippen LogP contribution in [0, 0.1) is 0 Å². The zero-order chi connectivity index (χ0) is 27.2. The molecule has 1 aromatic heterocycles. The van der Waals surface area contributed by atoms with Crippen LogP contribution in [0.3, 0.4) is 0 Å². The molecule has 1 aliphatic rings. The number of amides is 1. The van der Waals surface area contributed by atoms with Gasteiger partial charge in [-0.1, -0.05) is 80.1 Å². The topological polar surface area (TPSA) is 79.7 Å². The number of carbonyl (C=O) groups excluding carboxylic acids is 2. The second-order valence-corrected chi connectivity index (χ2v) is 11.6. The number of carbonyl (C=O) groups is 2. The molecule has 38 heavy (non-hydrogen) atoms. The maximum atomic E-state index is 13.5. The number of benzene rings is 3. The first-order valence-electron chi connectivity index (χ1n) is 12.3. The lowest BCUT2D eigenvalue weighted by atomic mass is 9.85. The summed E-state index contributed by atoms with van der Waals surface area (Å²) >= 11 is 7.45. The first kappa shape index (κ1) is 25.9. The Balaban J connectivity index is 1.70. The van der Waals surface area contributed by atoms with E-state index in [4.69, 9.17) is 16.3 Å². The van der Waals surface area contributed by atoms with Crippen molar-refractivity contribution in [3.05, 3.63) is 94.0 Å². The molecule has 0 aliphatic carbocycles. The molecule has 0 bridgehead atoms. The molecule has 1 unspecified atom stereocenters. The summed E-state index contributed by atoms with van der Waals surface area (Å²) in [6, 6.07) is 19.1. The first-order chi connectivity index (χ1) is 18.1. The van der Waals surface area contributed by atoms with E-state index in [-0.39, 0.29) is 16.7 Å². The number of hydrogen-bond donors (Lipinski definition) is 1. The molecule has 3 aromatic carbocycles. The summed E-state index contributed by atoms with van der Waals surface area (Å²) in [5.74, 6) is -1.23. The lowest BCUT2D eigenvalue weighted by molar-refractivity contribution is -0.132. The maximum absolute atomic E-state index is 13.5. The van der Waals surface area contributed by atoms with Gasteiger partial charge in [0.25, 0.3) is 5.78 Å². The second-order valence-electron chi connectivity index (χ2n) is 10.1. The van der Waals surface area contributed by atoms with Crippen LogP contribution in [0.2, 0.25) is 5.02 Å². The summed E-state index contributed by atoms with van der Waals surface area (Å²) in [6.07, 6.45) is 0. The molecule has 2 heterocycles. The Hall–Kier alpha value is -3.68. The molecule has 1 saturated heterocycles. The predicted molar refractivity (Wildman–Crippen MR) is 152 cm³/mol. The van der Waals surface area contributed by atoms with Gasteiger partial charge in [0, 0.05) is 10.6 Å². The molecule has 194 valence electrons. The van der Waals surface area contributed by atoms with Crippen molar-refractivity contribution in [3.63, 3.8) is 0 Å². The fraction of sp³-hybridized carbons (Fsp3) is 0.233. The number of fused-ring (bicyclic) bond motifs is 1. The van der Waals surface area contributed by atoms with Crippen molar-refractivity contribution in [2.75, 3.05) is 11.5 Å². The fourth-order valence-electron chi connectivity index (χ4n) is 4.56. The minimum Gasteiger partial charge on any atom is -0.507 e. The third-order valence-corrected chi connectivity index (χ3v) is 7.75. The van der Waals surface area contributed by atoms with Gasteiger partial charge in [0.15, 0.2) is 5.13 Å². The molecule has 1 fully saturated rings. The molecule has 1 N–H and O–H groups in total. The van der Waals surface area contributed by atoms with Crippen LogP contribution in [-0.4, -0.2) is 28.4 Å². The van der Waals surface area contributed by atoms with Crippen LogP contribution < -0.4 is 9.64 Å². The Kier molecular flexibility index (Phi) is 6.75. The molecule has 0 spiro atoms. The number of aliphatic hydroxyl groups excluding tert-OH is 1. The van der Waals surface area contributed by atoms with Crippen LogP contribution in [0.4, 0.5) is 5.13 Å². The van der Waals surface area contributed by atoms with Crippen molar-refractivity contribution in [1.82, 2.24) is 4.98 Å². The largest absolute Gasteiger partial charge is 0.507 e. The van der Waals surface area contributed by atoms with Crippen molar-refractivity contribution < 1.29 is 19.4 Å². The average Bonchev–Trinajstić information content (AvgIpc) is 3.41. The summed E-state index contributed by atoms with van der Waals surface area (Å²) in [6.45, 7) is 8.67. The van der Waals surface area contributed by atoms with Gasteiger partial charge in [-0.05, 0) is 53.8 Å². The van der Waals surface area contributed by atoms with E-state index in [9.17, 15) is 14.7 Å². The lowest BCUT2D eigenvalue weighted by Gasteiger charge is -2.24. The summed E-state index contributed by atoms with van der Waals surface area (Å²) in [4.78, 5) is 33.1. The number of aliphatic hydroxyl groups is 1. The Labute approximate surface area is 230 Å². The van der Waals surface area contributed by atoms with E-state index in [1.165, 1.54) is 16.2 Å². The van der Waals surface area contributed by atoms with Crippen molar-refractivity contribution in [2.45, 2.75) is 39.2 Å². The minimum absolute atomic E-state index is 0.00412. The van der Waals surface area contributed by atoms with Gasteiger partial charge in [-0.15, -0.1) is 0 Å². The number of anilines is 1. The lowest BCUT2D eigenvalue weighted by Crippen LogP contribution is -2.29. The molecular weight excluding hydrogens is 520 g/mol. The van der Waals surface area contributed by atoms with E-state index in [1.54, 1.807) is 42.5 Å². The van der Waals surface area contributed by atoms with E-state index in [2.05, 4.69) is 25.8 Å². The normalized spacial score (nSPS) is 17.4. The van der Waals surface area contributed by atoms with Gasteiger partial charge in [-0.25, -0.2) is 4.98 Å². The summed E-state index contributed by atoms with van der Waals surface area (Å²) < 4.78 is 6.37. The summed E-state index contributed by atoms with van der Waals surface area (Å²) in [5.41, 5.74) is 2.79. The van der Waals surface area contributed by atoms with Crippen molar-refractivity contribution >= 4 is 55.7 Å². The van der Waals surface area contributed by atoms with Crippen LogP contribution in [0.5, 0.6) is 5.75 Å². The van der Waals surface area contributed by atoms with Crippen molar-refractivity contribution in [3.8, 4) is 5.75 Å². The van der Waals surface area contributed by atoms with Gasteiger partial charge >= 0.3 is 5.91 Å². The molecule has 1 amide bonds. The molecular formula is C30H27ClN2O4S. The SMILES string of the molecule is CCOc1cccc(C(O)=C2C(=O)C(=O)N(c3nc4ccc(Cl)cc4s3)C2c2ccc(C(C)(C)C)cc2)c1. The van der Waals surface area contributed by atoms with Crippen LogP contribution >= 0.6 is 22.9 Å². The van der Waals surface area contributed by atoms with Gasteiger partial charge in [0.05, 0.1) is 28.4 Å². The molecule has 1 atom stereocenters. The highest BCUT2D eigenvalue weighted by Gasteiger charge is 2.48. The number of aromatic nitrogens is 1. The van der Waals surface area contributed by atoms with Crippen molar-refractivity contribution in [1.29, 1.82) is 0 Å². The smallest absolute Gasteiger partial charge is 0.301 e. The highest BCUT2D eigenvalue weighted by molar-refractivity contribution is 7.22. The molecule has 1 aliphatic heterocycles. The number of halogens is 1. The van der Waals surface area contributed by atoms with Crippen LogP contribution in [-0.2, 0) is 15.0 Å². The van der Waals surface area contributed by atoms with E-state index in [0.29, 0.717) is 39.2 Å². The number of nitrogens with zero attached hydrogens (tertiary/aromatic N) is 2. The highest BCUT2D eigenvalue weighted by atomic mass is 35.5. The van der Waals surface area contributed by atoms with E-state index < -0.39 is 17.7 Å². The third-order valence-electron chi connectivity index (χ3n) is 6.50. The van der Waals surface area contributed by atoms with Crippen molar-refractivity contribution in [2.24, 2.45) is 0 Å². The quantitative estimate of drug-likeness (QED) is 0.162. The predicted octanol–water partition coefficient (Wildman–Crippen LogP) is 7.27. The third kappa shape index (κ3) is 4.68. The van der Waals surface area contributed by atoms with Gasteiger partial charge in [0.1, 0.15) is 11.5 Å². The number of ether oxygens (including phenoxy) is 1. The maximum Gasteiger partial charge on any atom is 0.301 e. The molecule has 8 heteroatoms. The minimum atomic E-state index is -0.865. The first-order valence-corrected chi connectivity index (χ1v) is 13.5. The van der Waals surface area contributed by atoms with Crippen LogP contribution in [0.1, 0.15) is 50.4 Å². The van der Waals surface area contributed by atoms with E-state index in [1.807, 2.05) is 31.2 Å². The standard InChI is InChI=1S/C30H27ClN2O4S/c1-5-37-21-8-6-7-18(15-21)26(34)24-25(17-9-11-19(12-10-17)30(2,3)4)33(28(36)27(24)35)29-32-22-14-13-20(31)16-23(22)38-29/h6-16,25,34H,5H2,1-4H3. The number of ketones is 1. The average molecular weight is 547 g/mol. The van der Waals surface area contributed by atoms with E-state index in [0.717, 1.165) is 10.3 Å². The fourth-order valence-corrected chi connectivity index (χ4v) is 5.82. The second kappa shape index (κ2) is 9.89. The van der Waals surface area contributed by atoms with Crippen LogP contribution in [0.15, 0.2) is 72.3 Å². The molecule has 5 rings (SSSR count). The summed E-state index contributed by atoms with van der Waals surface area (Å²) in [7, 11) is 0.